The molecule has 0 spiro atoms. The number of hydrogen-bond acceptors (Lipinski definition) is 2. The van der Waals surface area contributed by atoms with Gasteiger partial charge in [0.25, 0.3) is 0 Å². The SMILES string of the molecule is CC1C(=O)N(c2ccc(F)cc2)CCN1Cc1c(F)cccc1F. The van der Waals surface area contributed by atoms with Gasteiger partial charge in [-0.15, -0.1) is 0 Å². The van der Waals surface area contributed by atoms with Gasteiger partial charge in [0.05, 0.1) is 6.04 Å². The van der Waals surface area contributed by atoms with Gasteiger partial charge in [0.15, 0.2) is 0 Å². The van der Waals surface area contributed by atoms with Gasteiger partial charge in [0.1, 0.15) is 17.5 Å². The molecule has 1 aliphatic heterocycles. The molecule has 0 bridgehead atoms. The lowest BCUT2D eigenvalue weighted by molar-refractivity contribution is -0.125. The minimum atomic E-state index is -0.615. The Balaban J connectivity index is 1.76. The van der Waals surface area contributed by atoms with Crippen molar-refractivity contribution in [1.82, 2.24) is 4.90 Å². The van der Waals surface area contributed by atoms with E-state index in [9.17, 15) is 18.0 Å². The number of rotatable bonds is 3. The molecule has 1 aliphatic rings. The molecule has 0 saturated carbocycles. The molecule has 3 nitrogen and oxygen atoms in total. The maximum absolute atomic E-state index is 13.8. The Kier molecular flexibility index (Phi) is 4.57. The van der Waals surface area contributed by atoms with Crippen LogP contribution in [0.3, 0.4) is 0 Å². The first kappa shape index (κ1) is 16.5. The van der Waals surface area contributed by atoms with E-state index in [2.05, 4.69) is 0 Å². The molecule has 2 aromatic rings. The molecule has 1 unspecified atom stereocenters. The average Bonchev–Trinajstić information content (AvgIpc) is 2.56. The molecule has 1 atom stereocenters. The molecule has 126 valence electrons. The molecule has 3 rings (SSSR count). The van der Waals surface area contributed by atoms with E-state index in [0.717, 1.165) is 0 Å². The third-order valence-corrected chi connectivity index (χ3v) is 4.34. The number of benzene rings is 2. The van der Waals surface area contributed by atoms with Crippen molar-refractivity contribution in [1.29, 1.82) is 0 Å². The molecule has 24 heavy (non-hydrogen) atoms. The Morgan fingerprint density at radius 3 is 2.25 bits per heavy atom. The normalized spacial score (nSPS) is 18.9. The standard InChI is InChI=1S/C18H17F3N2O/c1-12-18(24)23(14-7-5-13(19)6-8-14)10-9-22(12)11-15-16(20)3-2-4-17(15)21/h2-8,12H,9-11H2,1H3. The third-order valence-electron chi connectivity index (χ3n) is 4.34. The number of amides is 1. The van der Waals surface area contributed by atoms with E-state index in [-0.39, 0.29) is 23.8 Å². The highest BCUT2D eigenvalue weighted by molar-refractivity contribution is 5.97. The van der Waals surface area contributed by atoms with Crippen molar-refractivity contribution in [3.05, 3.63) is 65.5 Å². The average molecular weight is 334 g/mol. The van der Waals surface area contributed by atoms with Crippen LogP contribution in [-0.2, 0) is 11.3 Å². The summed E-state index contributed by atoms with van der Waals surface area (Å²) in [7, 11) is 0. The Labute approximate surface area is 138 Å². The topological polar surface area (TPSA) is 23.6 Å². The molecular weight excluding hydrogens is 317 g/mol. The summed E-state index contributed by atoms with van der Waals surface area (Å²) >= 11 is 0. The first-order valence-corrected chi connectivity index (χ1v) is 7.71. The van der Waals surface area contributed by atoms with E-state index in [0.29, 0.717) is 18.8 Å². The van der Waals surface area contributed by atoms with Crippen molar-refractivity contribution in [2.45, 2.75) is 19.5 Å². The molecule has 1 saturated heterocycles. The summed E-state index contributed by atoms with van der Waals surface area (Å²) in [6.07, 6.45) is 0. The zero-order chi connectivity index (χ0) is 17.3. The van der Waals surface area contributed by atoms with Crippen molar-refractivity contribution in [3.63, 3.8) is 0 Å². The quantitative estimate of drug-likeness (QED) is 0.859. The monoisotopic (exact) mass is 334 g/mol. The lowest BCUT2D eigenvalue weighted by Crippen LogP contribution is -2.55. The molecule has 0 radical (unpaired) electrons. The zero-order valence-electron chi connectivity index (χ0n) is 13.2. The molecule has 0 aliphatic carbocycles. The third kappa shape index (κ3) is 3.14. The van der Waals surface area contributed by atoms with Gasteiger partial charge in [-0.3, -0.25) is 9.69 Å². The van der Waals surface area contributed by atoms with Crippen LogP contribution in [-0.4, -0.2) is 29.9 Å². The minimum Gasteiger partial charge on any atom is -0.310 e. The van der Waals surface area contributed by atoms with Crippen LogP contribution in [0.5, 0.6) is 0 Å². The smallest absolute Gasteiger partial charge is 0.244 e. The van der Waals surface area contributed by atoms with Crippen LogP contribution in [0.25, 0.3) is 0 Å². The number of halogens is 3. The van der Waals surface area contributed by atoms with Crippen LogP contribution < -0.4 is 4.90 Å². The van der Waals surface area contributed by atoms with Gasteiger partial charge in [-0.2, -0.15) is 0 Å². The van der Waals surface area contributed by atoms with Crippen LogP contribution in [0.2, 0.25) is 0 Å². The van der Waals surface area contributed by atoms with Gasteiger partial charge in [0.2, 0.25) is 5.91 Å². The molecule has 0 N–H and O–H groups in total. The van der Waals surface area contributed by atoms with Crippen molar-refractivity contribution in [3.8, 4) is 0 Å². The Morgan fingerprint density at radius 1 is 1.00 bits per heavy atom. The highest BCUT2D eigenvalue weighted by Gasteiger charge is 2.33. The number of carbonyl (C=O) groups excluding carboxylic acids is 1. The summed E-state index contributed by atoms with van der Waals surface area (Å²) in [4.78, 5) is 15.9. The molecule has 1 heterocycles. The van der Waals surface area contributed by atoms with Crippen LogP contribution in [0.15, 0.2) is 42.5 Å². The highest BCUT2D eigenvalue weighted by atomic mass is 19.1. The number of piperazine rings is 1. The zero-order valence-corrected chi connectivity index (χ0v) is 13.2. The fourth-order valence-corrected chi connectivity index (χ4v) is 2.89. The number of hydrogen-bond donors (Lipinski definition) is 0. The van der Waals surface area contributed by atoms with Crippen molar-refractivity contribution >= 4 is 11.6 Å². The lowest BCUT2D eigenvalue weighted by atomic mass is 10.1. The molecule has 2 aromatic carbocycles. The van der Waals surface area contributed by atoms with E-state index in [1.54, 1.807) is 28.9 Å². The van der Waals surface area contributed by atoms with Crippen LogP contribution >= 0.6 is 0 Å². The van der Waals surface area contributed by atoms with E-state index < -0.39 is 17.7 Å². The predicted octanol–water partition coefficient (Wildman–Crippen LogP) is 3.34. The van der Waals surface area contributed by atoms with Crippen LogP contribution in [0, 0.1) is 17.5 Å². The minimum absolute atomic E-state index is 0.0304. The number of nitrogens with zero attached hydrogens (tertiary/aromatic N) is 2. The van der Waals surface area contributed by atoms with E-state index in [1.165, 1.54) is 30.3 Å². The fourth-order valence-electron chi connectivity index (χ4n) is 2.89. The maximum Gasteiger partial charge on any atom is 0.244 e. The summed E-state index contributed by atoms with van der Waals surface area (Å²) in [6.45, 7) is 2.59. The Bertz CT molecular complexity index is 728. The second-order valence-corrected chi connectivity index (χ2v) is 5.81. The first-order valence-electron chi connectivity index (χ1n) is 7.71. The molecule has 6 heteroatoms. The summed E-state index contributed by atoms with van der Waals surface area (Å²) in [5, 5.41) is 0. The summed E-state index contributed by atoms with van der Waals surface area (Å²) in [5.74, 6) is -1.77. The van der Waals surface area contributed by atoms with Gasteiger partial charge in [-0.25, -0.2) is 13.2 Å². The molecule has 0 aromatic heterocycles. The lowest BCUT2D eigenvalue weighted by Gasteiger charge is -2.39. The van der Waals surface area contributed by atoms with E-state index >= 15 is 0 Å². The Hall–Kier alpha value is -2.34. The van der Waals surface area contributed by atoms with Crippen molar-refractivity contribution in [2.24, 2.45) is 0 Å². The van der Waals surface area contributed by atoms with Crippen LogP contribution in [0.1, 0.15) is 12.5 Å². The summed E-state index contributed by atoms with van der Waals surface area (Å²) in [5.41, 5.74) is 0.581. The predicted molar refractivity (Wildman–Crippen MR) is 85.0 cm³/mol. The van der Waals surface area contributed by atoms with Crippen molar-refractivity contribution in [2.75, 3.05) is 18.0 Å². The van der Waals surface area contributed by atoms with Gasteiger partial charge >= 0.3 is 0 Å². The highest BCUT2D eigenvalue weighted by Crippen LogP contribution is 2.23. The fraction of sp³-hybridized carbons (Fsp3) is 0.278. The first-order chi connectivity index (χ1) is 11.5. The second kappa shape index (κ2) is 6.65. The van der Waals surface area contributed by atoms with E-state index in [1.807, 2.05) is 0 Å². The van der Waals surface area contributed by atoms with Crippen LogP contribution in [0.4, 0.5) is 18.9 Å². The molecular formula is C18H17F3N2O. The second-order valence-electron chi connectivity index (χ2n) is 5.81. The van der Waals surface area contributed by atoms with Crippen molar-refractivity contribution < 1.29 is 18.0 Å². The summed E-state index contributed by atoms with van der Waals surface area (Å²) < 4.78 is 40.6. The molecule has 1 amide bonds. The molecule has 1 fully saturated rings. The van der Waals surface area contributed by atoms with Gasteiger partial charge in [0, 0.05) is 30.9 Å². The largest absolute Gasteiger partial charge is 0.310 e. The maximum atomic E-state index is 13.8. The number of anilines is 1. The van der Waals surface area contributed by atoms with E-state index in [4.69, 9.17) is 0 Å². The van der Waals surface area contributed by atoms with Gasteiger partial charge < -0.3 is 4.90 Å². The number of carbonyl (C=O) groups is 1. The Morgan fingerprint density at radius 2 is 1.62 bits per heavy atom. The van der Waals surface area contributed by atoms with Gasteiger partial charge in [-0.1, -0.05) is 6.07 Å². The summed E-state index contributed by atoms with van der Waals surface area (Å²) in [6, 6.07) is 8.90. The van der Waals surface area contributed by atoms with Gasteiger partial charge in [-0.05, 0) is 43.3 Å².